The van der Waals surface area contributed by atoms with Gasteiger partial charge in [0.15, 0.2) is 6.29 Å². The molecule has 0 saturated carbocycles. The zero-order valence-electron chi connectivity index (χ0n) is 38.8. The number of sulfonamides is 1. The summed E-state index contributed by atoms with van der Waals surface area (Å²) in [5.41, 5.74) is 5.87. The molecule has 1 amide bonds. The van der Waals surface area contributed by atoms with Crippen LogP contribution in [0.5, 0.6) is 5.88 Å². The Bertz CT molecular complexity index is 2910. The van der Waals surface area contributed by atoms with Crippen molar-refractivity contribution in [3.8, 4) is 5.88 Å². The molecule has 7 N–H and O–H groups in total. The summed E-state index contributed by atoms with van der Waals surface area (Å²) in [4.78, 5) is 39.8. The van der Waals surface area contributed by atoms with E-state index >= 15 is 0 Å². The quantitative estimate of drug-likeness (QED) is 0.0575. The summed E-state index contributed by atoms with van der Waals surface area (Å²) in [7, 11) is -4.74. The van der Waals surface area contributed by atoms with E-state index in [1.165, 1.54) is 16.7 Å². The number of allylic oxidation sites excluding steroid dienone is 1. The van der Waals surface area contributed by atoms with Crippen LogP contribution in [0.1, 0.15) is 55.5 Å². The maximum absolute atomic E-state index is 14.4. The van der Waals surface area contributed by atoms with E-state index < -0.39 is 68.6 Å². The molecule has 3 aromatic carbocycles. The standard InChI is InChI=1S/C49H57ClN8O11S/c1-49(2)14-12-31(36(25-49)29-4-6-32(50)7-5-29)27-55-17-19-56(20-18-55)33-8-10-35(39(23-33)57-16-3-21-68-47-41(57)22-30-13-15-51-45(30)53-47)46(62)54-70(66,67)34-9-11-38(40(24-34)58(64)65)52-26-37-43(60)42(28-59)69-48(63)44(37)61/h4-11,13,15,22-24,37,42-44,48,52,59-61,63H,3,12,14,16-21,25-28H2,1-2H3,(H,51,53)(H,54,62). The summed E-state index contributed by atoms with van der Waals surface area (Å²) >= 11 is 6.27. The Hall–Kier alpha value is -5.84. The number of anilines is 4. The largest absolute Gasteiger partial charge is 0.476 e. The molecule has 5 aromatic rings. The smallest absolute Gasteiger partial charge is 0.293 e. The Morgan fingerprint density at radius 2 is 1.76 bits per heavy atom. The molecule has 2 aromatic heterocycles. The molecule has 19 nitrogen and oxygen atoms in total. The predicted octanol–water partition coefficient (Wildman–Crippen LogP) is 5.41. The lowest BCUT2D eigenvalue weighted by molar-refractivity contribution is -0.384. The molecule has 372 valence electrons. The number of carbonyl (C=O) groups excluding carboxylic acids is 1. The number of nitro groups is 1. The number of benzene rings is 3. The third-order valence-corrected chi connectivity index (χ3v) is 15.4. The number of aromatic nitrogens is 2. The third kappa shape index (κ3) is 10.3. The van der Waals surface area contributed by atoms with E-state index in [0.29, 0.717) is 60.6 Å². The minimum atomic E-state index is -4.74. The van der Waals surface area contributed by atoms with Gasteiger partial charge in [-0.25, -0.2) is 13.1 Å². The molecule has 21 heteroatoms. The van der Waals surface area contributed by atoms with E-state index in [1.807, 2.05) is 35.2 Å². The van der Waals surface area contributed by atoms with Crippen molar-refractivity contribution in [3.05, 3.63) is 111 Å². The maximum atomic E-state index is 14.4. The van der Waals surface area contributed by atoms with Gasteiger partial charge in [-0.05, 0) is 96.8 Å². The lowest BCUT2D eigenvalue weighted by atomic mass is 9.72. The fourth-order valence-corrected chi connectivity index (χ4v) is 11.0. The molecule has 5 atom stereocenters. The molecule has 70 heavy (non-hydrogen) atoms. The van der Waals surface area contributed by atoms with E-state index in [2.05, 4.69) is 50.8 Å². The first kappa shape index (κ1) is 49.2. The second kappa shape index (κ2) is 20.1. The van der Waals surface area contributed by atoms with Crippen molar-refractivity contribution in [1.29, 1.82) is 0 Å². The highest BCUT2D eigenvalue weighted by molar-refractivity contribution is 7.90. The van der Waals surface area contributed by atoms with Crippen molar-refractivity contribution in [2.75, 3.05) is 74.1 Å². The molecular weight excluding hydrogens is 944 g/mol. The van der Waals surface area contributed by atoms with Gasteiger partial charge in [-0.3, -0.25) is 19.8 Å². The number of aromatic amines is 1. The molecule has 0 bridgehead atoms. The van der Waals surface area contributed by atoms with Crippen LogP contribution < -0.4 is 24.6 Å². The minimum absolute atomic E-state index is 0.0274. The summed E-state index contributed by atoms with van der Waals surface area (Å²) in [5.74, 6) is -1.76. The zero-order valence-corrected chi connectivity index (χ0v) is 40.3. The lowest BCUT2D eigenvalue weighted by Crippen LogP contribution is -2.57. The van der Waals surface area contributed by atoms with Crippen molar-refractivity contribution in [2.45, 2.75) is 69.0 Å². The van der Waals surface area contributed by atoms with Gasteiger partial charge in [0.25, 0.3) is 21.6 Å². The molecule has 0 radical (unpaired) electrons. The normalized spacial score (nSPS) is 23.1. The van der Waals surface area contributed by atoms with Crippen molar-refractivity contribution in [3.63, 3.8) is 0 Å². The van der Waals surface area contributed by atoms with E-state index in [4.69, 9.17) is 26.1 Å². The number of hydrogen-bond donors (Lipinski definition) is 7. The van der Waals surface area contributed by atoms with Crippen LogP contribution >= 0.6 is 11.6 Å². The Kier molecular flexibility index (Phi) is 14.1. The fraction of sp³-hybridized carbons (Fsp3) is 0.429. The highest BCUT2D eigenvalue weighted by atomic mass is 35.5. The fourth-order valence-electron chi connectivity index (χ4n) is 9.91. The van der Waals surface area contributed by atoms with Gasteiger partial charge in [-0.15, -0.1) is 0 Å². The number of nitrogens with one attached hydrogen (secondary N) is 3. The molecule has 2 saturated heterocycles. The summed E-state index contributed by atoms with van der Waals surface area (Å²) in [5, 5.41) is 57.3. The van der Waals surface area contributed by atoms with Crippen LogP contribution in [0.4, 0.5) is 28.4 Å². The molecule has 9 rings (SSSR count). The van der Waals surface area contributed by atoms with E-state index in [0.717, 1.165) is 68.2 Å². The second-order valence-corrected chi connectivity index (χ2v) is 21.2. The molecule has 0 spiro atoms. The average molecular weight is 1000 g/mol. The van der Waals surface area contributed by atoms with Crippen molar-refractivity contribution in [2.24, 2.45) is 11.3 Å². The number of hydrogen-bond acceptors (Lipinski definition) is 16. The van der Waals surface area contributed by atoms with Gasteiger partial charge in [-0.2, -0.15) is 4.98 Å². The van der Waals surface area contributed by atoms with E-state index in [1.54, 1.807) is 18.3 Å². The van der Waals surface area contributed by atoms with Crippen molar-refractivity contribution < 1.29 is 48.0 Å². The predicted molar refractivity (Wildman–Crippen MR) is 264 cm³/mol. The molecule has 2 fully saturated rings. The van der Waals surface area contributed by atoms with E-state index in [9.17, 15) is 43.8 Å². The summed E-state index contributed by atoms with van der Waals surface area (Å²) in [6, 6.07) is 20.2. The van der Waals surface area contributed by atoms with Crippen LogP contribution in [0.15, 0.2) is 89.5 Å². The average Bonchev–Trinajstić information content (AvgIpc) is 3.70. The van der Waals surface area contributed by atoms with Gasteiger partial charge in [0.05, 0.1) is 40.4 Å². The van der Waals surface area contributed by atoms with E-state index in [-0.39, 0.29) is 23.2 Å². The number of nitrogens with zero attached hydrogens (tertiary/aromatic N) is 5. The van der Waals surface area contributed by atoms with Gasteiger partial charge in [-0.1, -0.05) is 43.2 Å². The number of halogens is 1. The topological polar surface area (TPSA) is 256 Å². The zero-order chi connectivity index (χ0) is 49.5. The number of nitro benzene ring substituents is 1. The van der Waals surface area contributed by atoms with Gasteiger partial charge in [0.2, 0.25) is 5.88 Å². The number of H-pyrrole nitrogens is 1. The first-order chi connectivity index (χ1) is 33.5. The summed E-state index contributed by atoms with van der Waals surface area (Å²) < 4.78 is 41.3. The Morgan fingerprint density at radius 1 is 0.986 bits per heavy atom. The van der Waals surface area contributed by atoms with Crippen molar-refractivity contribution in [1.82, 2.24) is 19.6 Å². The van der Waals surface area contributed by atoms with Crippen LogP contribution in [-0.4, -0.2) is 138 Å². The third-order valence-electron chi connectivity index (χ3n) is 13.9. The van der Waals surface area contributed by atoms with Gasteiger partial charge in [0.1, 0.15) is 29.2 Å². The SMILES string of the molecule is CC1(C)CCC(CN2CCN(c3ccc(C(=O)NS(=O)(=O)c4ccc(NCC5C(O)C(O)OC(CO)C5O)c([N+](=O)[O-])c4)c(N4CCCOc5nc6[nH]ccc6cc54)c3)CC2)=C(c2ccc(Cl)cc2)C1. The highest BCUT2D eigenvalue weighted by Crippen LogP contribution is 2.44. The Balaban J connectivity index is 0.979. The number of ether oxygens (including phenoxy) is 2. The minimum Gasteiger partial charge on any atom is -0.476 e. The number of aliphatic hydroxyl groups is 4. The van der Waals surface area contributed by atoms with Crippen molar-refractivity contribution >= 4 is 72.6 Å². The number of pyridine rings is 1. The first-order valence-corrected chi connectivity index (χ1v) is 25.2. The molecule has 4 aliphatic rings. The van der Waals surface area contributed by atoms with Gasteiger partial charge >= 0.3 is 0 Å². The number of rotatable bonds is 13. The van der Waals surface area contributed by atoms with Crippen LogP contribution in [0.25, 0.3) is 16.6 Å². The first-order valence-electron chi connectivity index (χ1n) is 23.4. The molecule has 5 heterocycles. The molecule has 3 aliphatic heterocycles. The molecule has 1 aliphatic carbocycles. The highest BCUT2D eigenvalue weighted by Gasteiger charge is 2.44. The van der Waals surface area contributed by atoms with Crippen LogP contribution in [0.3, 0.4) is 0 Å². The number of piperazine rings is 1. The maximum Gasteiger partial charge on any atom is 0.293 e. The summed E-state index contributed by atoms with van der Waals surface area (Å²) in [6.07, 6.45) is -0.584. The van der Waals surface area contributed by atoms with Crippen LogP contribution in [-0.2, 0) is 14.8 Å². The van der Waals surface area contributed by atoms with Gasteiger partial charge < -0.3 is 50.0 Å². The molecular formula is C49H57ClN8O11S. The summed E-state index contributed by atoms with van der Waals surface area (Å²) in [6.45, 7) is 8.24. The van der Waals surface area contributed by atoms with Crippen LogP contribution in [0.2, 0.25) is 5.02 Å². The monoisotopic (exact) mass is 1000 g/mol. The molecule has 5 unspecified atom stereocenters. The lowest BCUT2D eigenvalue weighted by Gasteiger charge is -2.40. The number of carbonyl (C=O) groups is 1. The number of fused-ring (bicyclic) bond motifs is 2. The van der Waals surface area contributed by atoms with Crippen LogP contribution in [0, 0.1) is 21.4 Å². The Morgan fingerprint density at radius 3 is 2.50 bits per heavy atom. The second-order valence-electron chi connectivity index (χ2n) is 19.1. The van der Waals surface area contributed by atoms with Gasteiger partial charge in [0, 0.05) is 80.1 Å². The number of amides is 1. The number of aliphatic hydroxyl groups excluding tert-OH is 4. The Labute approximate surface area is 409 Å².